The lowest BCUT2D eigenvalue weighted by Crippen LogP contribution is -2.54. The summed E-state index contributed by atoms with van der Waals surface area (Å²) in [4.78, 5) is 42.2. The van der Waals surface area contributed by atoms with E-state index in [1.165, 1.54) is 6.92 Å². The molecule has 0 bridgehead atoms. The Balaban J connectivity index is 2.38. The van der Waals surface area contributed by atoms with Crippen molar-refractivity contribution in [3.05, 3.63) is 22.8 Å². The zero-order valence-corrected chi connectivity index (χ0v) is 20.1. The van der Waals surface area contributed by atoms with Crippen LogP contribution in [0.15, 0.2) is 11.1 Å². The van der Waals surface area contributed by atoms with E-state index in [1.54, 1.807) is 20.1 Å². The number of hydrogen-bond donors (Lipinski definition) is 1. The number of nitrogens with zero attached hydrogens (tertiary/aromatic N) is 1. The first kappa shape index (κ1) is 25.9. The van der Waals surface area contributed by atoms with E-state index in [2.05, 4.69) is 11.7 Å². The van der Waals surface area contributed by atoms with Crippen molar-refractivity contribution in [1.29, 1.82) is 0 Å². The van der Waals surface area contributed by atoms with Gasteiger partial charge in [0.1, 0.15) is 23.3 Å². The fraction of sp³-hybridized carbons (Fsp3) is 0.600. The monoisotopic (exact) mass is 444 g/mol. The molecule has 1 aliphatic carbocycles. The second-order valence-electron chi connectivity index (χ2n) is 8.87. The smallest absolute Gasteiger partial charge is 0.162 e. The molecule has 2 rings (SSSR count). The Labute approximate surface area is 190 Å². The van der Waals surface area contributed by atoms with E-state index in [0.717, 1.165) is 17.5 Å². The lowest BCUT2D eigenvalue weighted by atomic mass is 9.73. The number of carbonyl (C=O) groups is 3. The number of hydrogen-bond acceptors (Lipinski definition) is 7. The number of aryl methyl sites for hydroxylation is 1. The zero-order valence-electron chi connectivity index (χ0n) is 20.1. The summed E-state index contributed by atoms with van der Waals surface area (Å²) in [5, 5.41) is 0. The van der Waals surface area contributed by atoms with Crippen molar-refractivity contribution in [2.75, 3.05) is 13.7 Å². The van der Waals surface area contributed by atoms with Gasteiger partial charge in [0, 0.05) is 31.6 Å². The summed E-state index contributed by atoms with van der Waals surface area (Å²) in [6.07, 6.45) is 0.889. The Bertz CT molecular complexity index is 895. The normalized spacial score (nSPS) is 24.2. The largest absolute Gasteiger partial charge is 0.487 e. The van der Waals surface area contributed by atoms with Crippen LogP contribution in [0.3, 0.4) is 0 Å². The molecule has 5 atom stereocenters. The topological polar surface area (TPSA) is 108 Å². The number of methoxy groups -OCH3 is 1. The Morgan fingerprint density at radius 2 is 2.00 bits per heavy atom. The molecule has 1 fully saturated rings. The standard InChI is InChI=1S/C25H36N2O5/c1-8-17(12-31-7)10-20(29)19-11-21(15(4)24(30)22(19)26)32-25-14(3)13(2)9-18(16(5)28)23(25)27-6/h9,15,17,19,21-22H,6,8,10-12,26H2,1-5,7H3. The van der Waals surface area contributed by atoms with Crippen molar-refractivity contribution < 1.29 is 23.9 Å². The highest BCUT2D eigenvalue weighted by atomic mass is 16.5. The van der Waals surface area contributed by atoms with E-state index < -0.39 is 24.0 Å². The molecule has 5 unspecified atom stereocenters. The molecule has 0 radical (unpaired) electrons. The van der Waals surface area contributed by atoms with Gasteiger partial charge in [-0.1, -0.05) is 20.3 Å². The third-order valence-electron chi connectivity index (χ3n) is 6.71. The molecule has 7 nitrogen and oxygen atoms in total. The van der Waals surface area contributed by atoms with E-state index in [9.17, 15) is 14.4 Å². The average molecular weight is 445 g/mol. The first-order valence-corrected chi connectivity index (χ1v) is 11.2. The van der Waals surface area contributed by atoms with Gasteiger partial charge in [-0.05, 0) is 57.0 Å². The molecule has 1 aliphatic rings. The van der Waals surface area contributed by atoms with Crippen LogP contribution in [0.1, 0.15) is 61.5 Å². The molecule has 0 aliphatic heterocycles. The number of rotatable bonds is 10. The van der Waals surface area contributed by atoms with Crippen molar-refractivity contribution in [3.8, 4) is 5.75 Å². The zero-order chi connectivity index (χ0) is 24.2. The summed E-state index contributed by atoms with van der Waals surface area (Å²) >= 11 is 0. The average Bonchev–Trinajstić information content (AvgIpc) is 2.76. The predicted octanol–water partition coefficient (Wildman–Crippen LogP) is 3.77. The first-order valence-electron chi connectivity index (χ1n) is 11.2. The van der Waals surface area contributed by atoms with Gasteiger partial charge in [-0.2, -0.15) is 0 Å². The Morgan fingerprint density at radius 1 is 1.34 bits per heavy atom. The van der Waals surface area contributed by atoms with Crippen LogP contribution in [-0.4, -0.2) is 49.9 Å². The van der Waals surface area contributed by atoms with Crippen molar-refractivity contribution in [3.63, 3.8) is 0 Å². The fourth-order valence-corrected chi connectivity index (χ4v) is 4.35. The lowest BCUT2D eigenvalue weighted by molar-refractivity contribution is -0.139. The summed E-state index contributed by atoms with van der Waals surface area (Å²) in [5.74, 6) is -0.968. The summed E-state index contributed by atoms with van der Waals surface area (Å²) < 4.78 is 11.5. The van der Waals surface area contributed by atoms with Crippen molar-refractivity contribution >= 4 is 29.8 Å². The molecule has 0 amide bonds. The molecular weight excluding hydrogens is 408 g/mol. The summed E-state index contributed by atoms with van der Waals surface area (Å²) in [6, 6.07) is 0.924. The minimum Gasteiger partial charge on any atom is -0.487 e. The second-order valence-corrected chi connectivity index (χ2v) is 8.87. The minimum atomic E-state index is -0.846. The molecule has 1 aromatic rings. The molecule has 176 valence electrons. The van der Waals surface area contributed by atoms with Crippen LogP contribution in [0.25, 0.3) is 0 Å². The Morgan fingerprint density at radius 3 is 2.53 bits per heavy atom. The quantitative estimate of drug-likeness (QED) is 0.435. The number of benzene rings is 1. The molecule has 0 heterocycles. The predicted molar refractivity (Wildman–Crippen MR) is 125 cm³/mol. The van der Waals surface area contributed by atoms with Gasteiger partial charge in [0.15, 0.2) is 11.6 Å². The van der Waals surface area contributed by atoms with Gasteiger partial charge < -0.3 is 15.2 Å². The SMILES string of the molecule is C=Nc1c(C(C)=O)cc(C)c(C)c1OC1CC(C(=O)CC(CC)COC)C(N)C(=O)C1C. The highest BCUT2D eigenvalue weighted by Crippen LogP contribution is 2.40. The number of Topliss-reactive ketones (excluding diaryl/α,β-unsaturated/α-hetero) is 3. The van der Waals surface area contributed by atoms with Crippen molar-refractivity contribution in [1.82, 2.24) is 0 Å². The first-order chi connectivity index (χ1) is 15.1. The summed E-state index contributed by atoms with van der Waals surface area (Å²) in [7, 11) is 1.61. The molecule has 2 N–H and O–H groups in total. The number of aliphatic imine (C=N–C) groups is 1. The third kappa shape index (κ3) is 5.33. The highest BCUT2D eigenvalue weighted by molar-refractivity contribution is 6.01. The van der Waals surface area contributed by atoms with Gasteiger partial charge in [-0.15, -0.1) is 0 Å². The number of ketones is 3. The van der Waals surface area contributed by atoms with Crippen molar-refractivity contribution in [2.45, 2.75) is 66.0 Å². The maximum absolute atomic E-state index is 13.1. The van der Waals surface area contributed by atoms with Gasteiger partial charge in [-0.3, -0.25) is 19.4 Å². The van der Waals surface area contributed by atoms with Gasteiger partial charge in [0.05, 0.1) is 12.0 Å². The van der Waals surface area contributed by atoms with Crippen LogP contribution in [-0.2, 0) is 14.3 Å². The summed E-state index contributed by atoms with van der Waals surface area (Å²) in [6.45, 7) is 13.1. The highest BCUT2D eigenvalue weighted by Gasteiger charge is 2.44. The van der Waals surface area contributed by atoms with E-state index in [4.69, 9.17) is 15.2 Å². The second kappa shape index (κ2) is 11.0. The van der Waals surface area contributed by atoms with Gasteiger partial charge >= 0.3 is 0 Å². The number of nitrogens with two attached hydrogens (primary N) is 1. The van der Waals surface area contributed by atoms with Crippen LogP contribution < -0.4 is 10.5 Å². The van der Waals surface area contributed by atoms with E-state index in [1.807, 2.05) is 20.8 Å². The number of ether oxygens (including phenoxy) is 2. The van der Waals surface area contributed by atoms with Crippen LogP contribution in [0.4, 0.5) is 5.69 Å². The summed E-state index contributed by atoms with van der Waals surface area (Å²) in [5.41, 5.74) is 8.69. The van der Waals surface area contributed by atoms with Crippen LogP contribution in [0.2, 0.25) is 0 Å². The minimum absolute atomic E-state index is 0.0392. The van der Waals surface area contributed by atoms with E-state index >= 15 is 0 Å². The van der Waals surface area contributed by atoms with Crippen LogP contribution in [0.5, 0.6) is 5.75 Å². The number of carbonyl (C=O) groups excluding carboxylic acids is 3. The van der Waals surface area contributed by atoms with Crippen LogP contribution in [0, 0.1) is 31.6 Å². The third-order valence-corrected chi connectivity index (χ3v) is 6.71. The van der Waals surface area contributed by atoms with E-state index in [0.29, 0.717) is 36.4 Å². The molecule has 0 aromatic heterocycles. The maximum atomic E-state index is 13.1. The molecule has 0 spiro atoms. The van der Waals surface area contributed by atoms with Gasteiger partial charge in [0.25, 0.3) is 0 Å². The van der Waals surface area contributed by atoms with Gasteiger partial charge in [0.2, 0.25) is 0 Å². The van der Waals surface area contributed by atoms with E-state index in [-0.39, 0.29) is 23.3 Å². The fourth-order valence-electron chi connectivity index (χ4n) is 4.35. The molecule has 1 saturated carbocycles. The van der Waals surface area contributed by atoms with Crippen molar-refractivity contribution in [2.24, 2.45) is 28.5 Å². The molecule has 32 heavy (non-hydrogen) atoms. The Hall–Kier alpha value is -2.38. The Kier molecular flexibility index (Phi) is 8.87. The van der Waals surface area contributed by atoms with Crippen LogP contribution >= 0.6 is 0 Å². The molecular formula is C25H36N2O5. The molecule has 0 saturated heterocycles. The van der Waals surface area contributed by atoms with Gasteiger partial charge in [-0.25, -0.2) is 0 Å². The molecule has 1 aromatic carbocycles. The lowest BCUT2D eigenvalue weighted by Gasteiger charge is -2.37. The maximum Gasteiger partial charge on any atom is 0.162 e. The molecule has 7 heteroatoms.